The second kappa shape index (κ2) is 8.75. The molecule has 6 heteroatoms. The molecule has 1 aromatic heterocycles. The van der Waals surface area contributed by atoms with Crippen LogP contribution in [0, 0.1) is 6.92 Å². The lowest BCUT2D eigenvalue weighted by atomic mass is 9.98. The Hall–Kier alpha value is -4.06. The van der Waals surface area contributed by atoms with Gasteiger partial charge in [-0.25, -0.2) is 0 Å². The van der Waals surface area contributed by atoms with Crippen molar-refractivity contribution in [2.24, 2.45) is 0 Å². The lowest BCUT2D eigenvalue weighted by Crippen LogP contribution is -2.13. The number of benzene rings is 3. The smallest absolute Gasteiger partial charge is 0.198 e. The Kier molecular flexibility index (Phi) is 5.71. The summed E-state index contributed by atoms with van der Waals surface area (Å²) in [7, 11) is 3.74. The van der Waals surface area contributed by atoms with Gasteiger partial charge in [0.1, 0.15) is 0 Å². The van der Waals surface area contributed by atoms with Crippen LogP contribution in [0.5, 0.6) is 0 Å². The van der Waals surface area contributed by atoms with Gasteiger partial charge in [0.25, 0.3) is 0 Å². The summed E-state index contributed by atoms with van der Waals surface area (Å²) < 4.78 is 1.59. The average molecular weight is 409 g/mol. The van der Waals surface area contributed by atoms with Crippen LogP contribution < -0.4 is 0 Å². The van der Waals surface area contributed by atoms with Gasteiger partial charge in [0.2, 0.25) is 0 Å². The number of Topliss-reactive ketones (excluding diaryl/α,β-unsaturated/α-hetero) is 1. The number of rotatable bonds is 6. The molecule has 1 heterocycles. The van der Waals surface area contributed by atoms with Gasteiger partial charge in [0, 0.05) is 25.9 Å². The number of carbonyl (C=O) groups excluding carboxylic acids is 1. The Balaban J connectivity index is 1.77. The zero-order valence-corrected chi connectivity index (χ0v) is 17.7. The van der Waals surface area contributed by atoms with E-state index in [1.807, 2.05) is 105 Å². The highest BCUT2D eigenvalue weighted by Gasteiger charge is 2.22. The Morgan fingerprint density at radius 3 is 2.32 bits per heavy atom. The molecular formula is C25H23N5O. The summed E-state index contributed by atoms with van der Waals surface area (Å²) in [6, 6.07) is 25.4. The second-order valence-corrected chi connectivity index (χ2v) is 7.53. The van der Waals surface area contributed by atoms with Crippen molar-refractivity contribution < 1.29 is 4.79 Å². The normalized spacial score (nSPS) is 11.4. The van der Waals surface area contributed by atoms with Crippen LogP contribution in [-0.4, -0.2) is 45.0 Å². The summed E-state index contributed by atoms with van der Waals surface area (Å²) in [5.74, 6) is 0.252. The number of hydrogen-bond acceptors (Lipinski definition) is 5. The molecule has 6 nitrogen and oxygen atoms in total. The van der Waals surface area contributed by atoms with Crippen molar-refractivity contribution >= 4 is 11.4 Å². The van der Waals surface area contributed by atoms with Gasteiger partial charge in [0.05, 0.1) is 11.3 Å². The third kappa shape index (κ3) is 4.43. The van der Waals surface area contributed by atoms with Crippen LogP contribution in [0.1, 0.15) is 21.7 Å². The number of ketones is 1. The zero-order valence-electron chi connectivity index (χ0n) is 17.7. The Labute approximate surface area is 181 Å². The monoisotopic (exact) mass is 409 g/mol. The third-order valence-corrected chi connectivity index (χ3v) is 4.85. The van der Waals surface area contributed by atoms with Gasteiger partial charge in [-0.2, -0.15) is 4.68 Å². The molecular weight excluding hydrogens is 386 g/mol. The summed E-state index contributed by atoms with van der Waals surface area (Å²) in [5.41, 5.74) is 4.96. The number of aryl methyl sites for hydroxylation is 1. The van der Waals surface area contributed by atoms with Crippen molar-refractivity contribution in [3.05, 3.63) is 102 Å². The Morgan fingerprint density at radius 2 is 1.61 bits per heavy atom. The molecule has 3 aromatic carbocycles. The quantitative estimate of drug-likeness (QED) is 0.348. The van der Waals surface area contributed by atoms with Crippen molar-refractivity contribution in [2.45, 2.75) is 6.92 Å². The van der Waals surface area contributed by atoms with Gasteiger partial charge < -0.3 is 4.90 Å². The molecule has 4 aromatic rings. The maximum atomic E-state index is 13.6. The molecule has 0 aliphatic heterocycles. The van der Waals surface area contributed by atoms with Crippen molar-refractivity contribution in [1.82, 2.24) is 25.1 Å². The van der Waals surface area contributed by atoms with Crippen LogP contribution in [0.4, 0.5) is 0 Å². The molecule has 0 radical (unpaired) electrons. The van der Waals surface area contributed by atoms with Crippen molar-refractivity contribution in [1.29, 1.82) is 0 Å². The van der Waals surface area contributed by atoms with E-state index in [-0.39, 0.29) is 5.78 Å². The molecule has 0 amide bonds. The highest BCUT2D eigenvalue weighted by Crippen LogP contribution is 2.25. The number of allylic oxidation sites excluding steroid dienone is 1. The van der Waals surface area contributed by atoms with Crippen molar-refractivity contribution in [3.63, 3.8) is 0 Å². The largest absolute Gasteiger partial charge is 0.383 e. The van der Waals surface area contributed by atoms with E-state index in [0.29, 0.717) is 17.0 Å². The highest BCUT2D eigenvalue weighted by atomic mass is 16.1. The minimum atomic E-state index is -0.144. The molecule has 0 spiro atoms. The van der Waals surface area contributed by atoms with E-state index in [4.69, 9.17) is 0 Å². The first kappa shape index (κ1) is 20.2. The van der Waals surface area contributed by atoms with E-state index in [2.05, 4.69) is 15.5 Å². The minimum absolute atomic E-state index is 0.144. The summed E-state index contributed by atoms with van der Waals surface area (Å²) in [6.45, 7) is 2.02. The number of hydrogen-bond donors (Lipinski definition) is 0. The first-order chi connectivity index (χ1) is 15.0. The van der Waals surface area contributed by atoms with Crippen LogP contribution in [0.2, 0.25) is 0 Å². The van der Waals surface area contributed by atoms with Crippen LogP contribution in [0.3, 0.4) is 0 Å². The summed E-state index contributed by atoms with van der Waals surface area (Å²) in [6.07, 6.45) is 1.76. The number of nitrogens with zero attached hydrogens (tertiary/aromatic N) is 5. The average Bonchev–Trinajstić information content (AvgIpc) is 3.28. The van der Waals surface area contributed by atoms with Crippen LogP contribution in [-0.2, 0) is 0 Å². The summed E-state index contributed by atoms with van der Waals surface area (Å²) in [5, 5.41) is 12.2. The third-order valence-electron chi connectivity index (χ3n) is 4.85. The molecule has 4 rings (SSSR count). The molecule has 0 aliphatic carbocycles. The summed E-state index contributed by atoms with van der Waals surface area (Å²) in [4.78, 5) is 15.4. The first-order valence-corrected chi connectivity index (χ1v) is 9.97. The standard InChI is InChI=1S/C25H23N5O/c1-18-12-14-22(15-13-18)30-25(26-27-28-30)23(17-29(2)3)24(31)21-11-7-10-20(16-21)19-8-5-4-6-9-19/h4-17H,1-3H3. The SMILES string of the molecule is Cc1ccc(-n2nnnc2C(=CN(C)C)C(=O)c2cccc(-c3ccccc3)c2)cc1. The molecule has 31 heavy (non-hydrogen) atoms. The van der Waals surface area contributed by atoms with E-state index < -0.39 is 0 Å². The molecule has 0 atom stereocenters. The van der Waals surface area contributed by atoms with E-state index in [1.54, 1.807) is 10.9 Å². The maximum absolute atomic E-state index is 13.6. The van der Waals surface area contributed by atoms with Gasteiger partial charge >= 0.3 is 0 Å². The van der Waals surface area contributed by atoms with Gasteiger partial charge in [-0.1, -0.05) is 66.2 Å². The molecule has 0 unspecified atom stereocenters. The number of aromatic nitrogens is 4. The number of carbonyl (C=O) groups is 1. The van der Waals surface area contributed by atoms with E-state index in [0.717, 1.165) is 22.4 Å². The molecule has 0 N–H and O–H groups in total. The van der Waals surface area contributed by atoms with Crippen LogP contribution in [0.25, 0.3) is 22.4 Å². The van der Waals surface area contributed by atoms with Crippen LogP contribution in [0.15, 0.2) is 85.1 Å². The van der Waals surface area contributed by atoms with Gasteiger partial charge in [-0.05, 0) is 46.7 Å². The predicted molar refractivity (Wildman–Crippen MR) is 122 cm³/mol. The summed E-state index contributed by atoms with van der Waals surface area (Å²) >= 11 is 0. The Bertz CT molecular complexity index is 1220. The van der Waals surface area contributed by atoms with Gasteiger partial charge in [0.15, 0.2) is 11.6 Å². The fourth-order valence-electron chi connectivity index (χ4n) is 3.32. The number of tetrazole rings is 1. The maximum Gasteiger partial charge on any atom is 0.198 e. The lowest BCUT2D eigenvalue weighted by molar-refractivity contribution is 0.105. The molecule has 0 saturated carbocycles. The van der Waals surface area contributed by atoms with Crippen molar-refractivity contribution in [2.75, 3.05) is 14.1 Å². The zero-order chi connectivity index (χ0) is 21.8. The predicted octanol–water partition coefficient (Wildman–Crippen LogP) is 4.42. The topological polar surface area (TPSA) is 63.9 Å². The molecule has 0 fully saturated rings. The van der Waals surface area contributed by atoms with Crippen molar-refractivity contribution in [3.8, 4) is 16.8 Å². The minimum Gasteiger partial charge on any atom is -0.383 e. The molecule has 0 saturated heterocycles. The molecule has 0 bridgehead atoms. The van der Waals surface area contributed by atoms with Gasteiger partial charge in [-0.15, -0.1) is 5.10 Å². The Morgan fingerprint density at radius 1 is 0.903 bits per heavy atom. The van der Waals surface area contributed by atoms with E-state index in [9.17, 15) is 4.79 Å². The van der Waals surface area contributed by atoms with E-state index in [1.165, 1.54) is 0 Å². The van der Waals surface area contributed by atoms with Crippen LogP contribution >= 0.6 is 0 Å². The first-order valence-electron chi connectivity index (χ1n) is 9.97. The molecule has 154 valence electrons. The lowest BCUT2D eigenvalue weighted by Gasteiger charge is -2.12. The fraction of sp³-hybridized carbons (Fsp3) is 0.120. The van der Waals surface area contributed by atoms with E-state index >= 15 is 0 Å². The fourth-order valence-corrected chi connectivity index (χ4v) is 3.32. The highest BCUT2D eigenvalue weighted by molar-refractivity contribution is 6.28. The second-order valence-electron chi connectivity index (χ2n) is 7.53. The molecule has 0 aliphatic rings. The van der Waals surface area contributed by atoms with Gasteiger partial charge in [-0.3, -0.25) is 4.79 Å².